The molecule has 1 saturated heterocycles. The van der Waals surface area contributed by atoms with Crippen molar-refractivity contribution in [3.63, 3.8) is 0 Å². The first kappa shape index (κ1) is 12.2. The Kier molecular flexibility index (Phi) is 3.84. The summed E-state index contributed by atoms with van der Waals surface area (Å²) in [6.45, 7) is 5.15. The topological polar surface area (TPSA) is 53.7 Å². The Morgan fingerprint density at radius 2 is 2.41 bits per heavy atom. The van der Waals surface area contributed by atoms with Gasteiger partial charge in [-0.2, -0.15) is 0 Å². The zero-order valence-corrected chi connectivity index (χ0v) is 10.2. The monoisotopic (exact) mass is 237 g/mol. The van der Waals surface area contributed by atoms with E-state index in [9.17, 15) is 4.79 Å². The van der Waals surface area contributed by atoms with Gasteiger partial charge in [0.2, 0.25) is 5.76 Å². The fraction of sp³-hybridized carbons (Fsp3) is 0.615. The lowest BCUT2D eigenvalue weighted by Crippen LogP contribution is -2.19. The van der Waals surface area contributed by atoms with Crippen molar-refractivity contribution < 1.29 is 14.3 Å². The van der Waals surface area contributed by atoms with Gasteiger partial charge in [0.1, 0.15) is 5.76 Å². The summed E-state index contributed by atoms with van der Waals surface area (Å²) >= 11 is 0. The summed E-state index contributed by atoms with van der Waals surface area (Å²) in [5.74, 6) is 0.583. The largest absolute Gasteiger partial charge is 0.475 e. The Labute approximate surface area is 101 Å². The van der Waals surface area contributed by atoms with Crippen LogP contribution in [0, 0.1) is 5.92 Å². The van der Waals surface area contributed by atoms with Gasteiger partial charge in [0.15, 0.2) is 0 Å². The third kappa shape index (κ3) is 3.09. The van der Waals surface area contributed by atoms with Crippen molar-refractivity contribution in [2.75, 3.05) is 13.1 Å². The molecule has 1 N–H and O–H groups in total. The van der Waals surface area contributed by atoms with Crippen molar-refractivity contribution in [3.8, 4) is 0 Å². The van der Waals surface area contributed by atoms with E-state index in [2.05, 4.69) is 11.8 Å². The van der Waals surface area contributed by atoms with Crippen molar-refractivity contribution >= 4 is 5.97 Å². The van der Waals surface area contributed by atoms with Crippen LogP contribution in [0.3, 0.4) is 0 Å². The van der Waals surface area contributed by atoms with Crippen LogP contribution in [0.4, 0.5) is 0 Å². The molecular weight excluding hydrogens is 218 g/mol. The van der Waals surface area contributed by atoms with Gasteiger partial charge in [-0.3, -0.25) is 4.90 Å². The van der Waals surface area contributed by atoms with Gasteiger partial charge in [0.25, 0.3) is 0 Å². The normalized spacial score (nSPS) is 20.9. The molecular formula is C13H19NO3. The van der Waals surface area contributed by atoms with E-state index in [-0.39, 0.29) is 5.76 Å². The molecule has 1 unspecified atom stereocenters. The van der Waals surface area contributed by atoms with E-state index < -0.39 is 5.97 Å². The molecule has 1 fully saturated rings. The molecule has 0 aliphatic carbocycles. The predicted molar refractivity (Wildman–Crippen MR) is 64.0 cm³/mol. The molecule has 0 amide bonds. The standard InChI is InChI=1S/C13H19NO3/c1-2-3-10-6-7-14(8-10)9-11-4-5-12(17-11)13(15)16/h4-5,10H,2-3,6-9H2,1H3,(H,15,16). The quantitative estimate of drug-likeness (QED) is 0.855. The molecule has 17 heavy (non-hydrogen) atoms. The Morgan fingerprint density at radius 3 is 3.06 bits per heavy atom. The maximum absolute atomic E-state index is 10.7. The predicted octanol–water partition coefficient (Wildman–Crippen LogP) is 2.60. The highest BCUT2D eigenvalue weighted by molar-refractivity contribution is 5.84. The Morgan fingerprint density at radius 1 is 1.59 bits per heavy atom. The molecule has 1 aliphatic heterocycles. The van der Waals surface area contributed by atoms with Crippen LogP contribution in [0.15, 0.2) is 16.5 Å². The van der Waals surface area contributed by atoms with Crippen LogP contribution in [0.2, 0.25) is 0 Å². The van der Waals surface area contributed by atoms with Gasteiger partial charge < -0.3 is 9.52 Å². The molecule has 2 heterocycles. The van der Waals surface area contributed by atoms with Gasteiger partial charge in [-0.15, -0.1) is 0 Å². The molecule has 94 valence electrons. The van der Waals surface area contributed by atoms with Gasteiger partial charge in [-0.1, -0.05) is 13.3 Å². The third-order valence-corrected chi connectivity index (χ3v) is 3.32. The maximum atomic E-state index is 10.7. The van der Waals surface area contributed by atoms with E-state index in [1.807, 2.05) is 0 Å². The second kappa shape index (κ2) is 5.36. The zero-order chi connectivity index (χ0) is 12.3. The van der Waals surface area contributed by atoms with Crippen LogP contribution >= 0.6 is 0 Å². The summed E-state index contributed by atoms with van der Waals surface area (Å²) in [5, 5.41) is 8.76. The summed E-state index contributed by atoms with van der Waals surface area (Å²) < 4.78 is 5.26. The first-order chi connectivity index (χ1) is 8.19. The second-order valence-electron chi connectivity index (χ2n) is 4.75. The van der Waals surface area contributed by atoms with Crippen molar-refractivity contribution in [3.05, 3.63) is 23.7 Å². The van der Waals surface area contributed by atoms with Crippen LogP contribution < -0.4 is 0 Å². The van der Waals surface area contributed by atoms with Gasteiger partial charge in [-0.25, -0.2) is 4.79 Å². The van der Waals surface area contributed by atoms with E-state index in [1.54, 1.807) is 6.07 Å². The smallest absolute Gasteiger partial charge is 0.371 e. The number of carbonyl (C=O) groups is 1. The molecule has 0 bridgehead atoms. The van der Waals surface area contributed by atoms with E-state index in [0.717, 1.165) is 31.3 Å². The summed E-state index contributed by atoms with van der Waals surface area (Å²) in [4.78, 5) is 13.0. The summed E-state index contributed by atoms with van der Waals surface area (Å²) in [7, 11) is 0. The number of carboxylic acids is 1. The molecule has 4 heteroatoms. The molecule has 1 atom stereocenters. The van der Waals surface area contributed by atoms with Gasteiger partial charge in [0, 0.05) is 6.54 Å². The number of nitrogens with zero attached hydrogens (tertiary/aromatic N) is 1. The third-order valence-electron chi connectivity index (χ3n) is 3.32. The molecule has 4 nitrogen and oxygen atoms in total. The number of hydrogen-bond donors (Lipinski definition) is 1. The average molecular weight is 237 g/mol. The van der Waals surface area contributed by atoms with E-state index in [4.69, 9.17) is 9.52 Å². The lowest BCUT2D eigenvalue weighted by atomic mass is 10.0. The molecule has 1 aromatic rings. The Hall–Kier alpha value is -1.29. The minimum atomic E-state index is -0.999. The van der Waals surface area contributed by atoms with E-state index in [0.29, 0.717) is 0 Å². The molecule has 0 aromatic carbocycles. The number of carboxylic acid groups (broad SMARTS) is 1. The fourth-order valence-electron chi connectivity index (χ4n) is 2.50. The van der Waals surface area contributed by atoms with Crippen LogP contribution in [-0.2, 0) is 6.54 Å². The minimum absolute atomic E-state index is 0.0318. The number of rotatable bonds is 5. The van der Waals surface area contributed by atoms with E-state index in [1.165, 1.54) is 25.3 Å². The Balaban J connectivity index is 1.87. The molecule has 0 spiro atoms. The van der Waals surface area contributed by atoms with Gasteiger partial charge in [-0.05, 0) is 37.4 Å². The number of furan rings is 1. The molecule has 1 aliphatic rings. The summed E-state index contributed by atoms with van der Waals surface area (Å²) in [6.07, 6.45) is 3.78. The highest BCUT2D eigenvalue weighted by atomic mass is 16.4. The maximum Gasteiger partial charge on any atom is 0.371 e. The molecule has 1 aromatic heterocycles. The van der Waals surface area contributed by atoms with Crippen LogP contribution in [-0.4, -0.2) is 29.1 Å². The molecule has 0 saturated carbocycles. The lowest BCUT2D eigenvalue weighted by Gasteiger charge is -2.13. The van der Waals surface area contributed by atoms with Gasteiger partial charge in [0.05, 0.1) is 6.54 Å². The van der Waals surface area contributed by atoms with Crippen LogP contribution in [0.1, 0.15) is 42.5 Å². The van der Waals surface area contributed by atoms with Gasteiger partial charge >= 0.3 is 5.97 Å². The number of likely N-dealkylation sites (tertiary alicyclic amines) is 1. The lowest BCUT2D eigenvalue weighted by molar-refractivity contribution is 0.0658. The first-order valence-electron chi connectivity index (χ1n) is 6.23. The van der Waals surface area contributed by atoms with Crippen molar-refractivity contribution in [1.29, 1.82) is 0 Å². The number of hydrogen-bond acceptors (Lipinski definition) is 3. The average Bonchev–Trinajstić information content (AvgIpc) is 2.89. The first-order valence-corrected chi connectivity index (χ1v) is 6.23. The minimum Gasteiger partial charge on any atom is -0.475 e. The van der Waals surface area contributed by atoms with Crippen LogP contribution in [0.25, 0.3) is 0 Å². The fourth-order valence-corrected chi connectivity index (χ4v) is 2.50. The van der Waals surface area contributed by atoms with E-state index >= 15 is 0 Å². The van der Waals surface area contributed by atoms with Crippen molar-refractivity contribution in [1.82, 2.24) is 4.90 Å². The SMILES string of the molecule is CCCC1CCN(Cc2ccc(C(=O)O)o2)C1. The van der Waals surface area contributed by atoms with Crippen molar-refractivity contribution in [2.24, 2.45) is 5.92 Å². The highest BCUT2D eigenvalue weighted by Crippen LogP contribution is 2.23. The molecule has 2 rings (SSSR count). The highest BCUT2D eigenvalue weighted by Gasteiger charge is 2.22. The van der Waals surface area contributed by atoms with Crippen molar-refractivity contribution in [2.45, 2.75) is 32.7 Å². The summed E-state index contributed by atoms with van der Waals surface area (Å²) in [5.41, 5.74) is 0. The van der Waals surface area contributed by atoms with Crippen LogP contribution in [0.5, 0.6) is 0 Å². The Bertz CT molecular complexity index is 386. The second-order valence-corrected chi connectivity index (χ2v) is 4.75. The number of aromatic carboxylic acids is 1. The molecule has 0 radical (unpaired) electrons. The zero-order valence-electron chi connectivity index (χ0n) is 10.2. The summed E-state index contributed by atoms with van der Waals surface area (Å²) in [6, 6.07) is 3.29.